The van der Waals surface area contributed by atoms with Crippen LogP contribution < -0.4 is 10.2 Å². The molecule has 6 nitrogen and oxygen atoms in total. The Labute approximate surface area is 125 Å². The highest BCUT2D eigenvalue weighted by atomic mass is 15.2. The van der Waals surface area contributed by atoms with E-state index in [1.165, 1.54) is 5.69 Å². The Morgan fingerprint density at radius 1 is 1.29 bits per heavy atom. The predicted molar refractivity (Wildman–Crippen MR) is 82.3 cm³/mol. The van der Waals surface area contributed by atoms with Gasteiger partial charge in [-0.05, 0) is 32.9 Å². The van der Waals surface area contributed by atoms with Gasteiger partial charge >= 0.3 is 0 Å². The van der Waals surface area contributed by atoms with Crippen molar-refractivity contribution in [1.29, 1.82) is 0 Å². The lowest BCUT2D eigenvalue weighted by molar-refractivity contribution is 0.452. The number of hydrogen-bond donors (Lipinski definition) is 2. The van der Waals surface area contributed by atoms with Crippen molar-refractivity contribution in [1.82, 2.24) is 25.3 Å². The lowest BCUT2D eigenvalue weighted by Gasteiger charge is -2.24. The third-order valence-corrected chi connectivity index (χ3v) is 3.93. The molecule has 0 unspecified atom stereocenters. The van der Waals surface area contributed by atoms with Crippen LogP contribution in [0.2, 0.25) is 0 Å². The molecule has 21 heavy (non-hydrogen) atoms. The molecular weight excluding hydrogens is 264 g/mol. The number of rotatable bonds is 4. The van der Waals surface area contributed by atoms with Crippen LogP contribution in [0.1, 0.15) is 36.1 Å². The number of nitrogens with one attached hydrogen (secondary N) is 2. The zero-order valence-electron chi connectivity index (χ0n) is 12.6. The lowest BCUT2D eigenvalue weighted by atomic mass is 9.94. The van der Waals surface area contributed by atoms with E-state index in [2.05, 4.69) is 36.2 Å². The largest absolute Gasteiger partial charge is 0.352 e. The molecule has 0 amide bonds. The van der Waals surface area contributed by atoms with Crippen LogP contribution in [0.5, 0.6) is 0 Å². The molecule has 3 rings (SSSR count). The minimum absolute atomic E-state index is 0.545. The number of imidazole rings is 1. The summed E-state index contributed by atoms with van der Waals surface area (Å²) in [6.07, 6.45) is 5.92. The normalized spacial score (nSPS) is 16.1. The van der Waals surface area contributed by atoms with E-state index in [0.717, 1.165) is 49.9 Å². The second-order valence-electron chi connectivity index (χ2n) is 5.61. The van der Waals surface area contributed by atoms with Gasteiger partial charge in [0.05, 0.1) is 6.54 Å². The average molecular weight is 286 g/mol. The van der Waals surface area contributed by atoms with E-state index in [9.17, 15) is 0 Å². The van der Waals surface area contributed by atoms with E-state index in [-0.39, 0.29) is 0 Å². The first-order valence-electron chi connectivity index (χ1n) is 7.48. The SMILES string of the molecule is Cc1nc(C2CCNCC2)cc(N(C)Cc2ncc[nH]2)n1. The highest BCUT2D eigenvalue weighted by molar-refractivity contribution is 5.40. The molecule has 1 aliphatic heterocycles. The molecule has 2 aromatic heterocycles. The van der Waals surface area contributed by atoms with Crippen LogP contribution in [0.4, 0.5) is 5.82 Å². The van der Waals surface area contributed by atoms with Crippen molar-refractivity contribution in [2.24, 2.45) is 0 Å². The van der Waals surface area contributed by atoms with Gasteiger partial charge in [0.15, 0.2) is 0 Å². The second-order valence-corrected chi connectivity index (χ2v) is 5.61. The monoisotopic (exact) mass is 286 g/mol. The van der Waals surface area contributed by atoms with Gasteiger partial charge in [-0.3, -0.25) is 0 Å². The molecule has 0 aliphatic carbocycles. The van der Waals surface area contributed by atoms with Crippen LogP contribution in [-0.2, 0) is 6.54 Å². The van der Waals surface area contributed by atoms with Crippen molar-refractivity contribution in [3.05, 3.63) is 35.8 Å². The number of H-pyrrole nitrogens is 1. The summed E-state index contributed by atoms with van der Waals surface area (Å²) in [5, 5.41) is 3.40. The number of hydrogen-bond acceptors (Lipinski definition) is 5. The second kappa shape index (κ2) is 6.22. The number of anilines is 1. The Morgan fingerprint density at radius 2 is 2.10 bits per heavy atom. The highest BCUT2D eigenvalue weighted by Crippen LogP contribution is 2.26. The molecule has 1 fully saturated rings. The first-order chi connectivity index (χ1) is 10.2. The van der Waals surface area contributed by atoms with Crippen molar-refractivity contribution < 1.29 is 0 Å². The quantitative estimate of drug-likeness (QED) is 0.893. The molecule has 0 radical (unpaired) electrons. The number of aromatic nitrogens is 4. The summed E-state index contributed by atoms with van der Waals surface area (Å²) in [6.45, 7) is 4.83. The van der Waals surface area contributed by atoms with Gasteiger partial charge in [0, 0.05) is 37.1 Å². The van der Waals surface area contributed by atoms with Gasteiger partial charge in [-0.2, -0.15) is 0 Å². The Kier molecular flexibility index (Phi) is 4.15. The maximum atomic E-state index is 4.65. The van der Waals surface area contributed by atoms with E-state index in [1.54, 1.807) is 6.20 Å². The van der Waals surface area contributed by atoms with Gasteiger partial charge in [0.1, 0.15) is 17.5 Å². The molecule has 0 aromatic carbocycles. The maximum absolute atomic E-state index is 4.65. The van der Waals surface area contributed by atoms with E-state index >= 15 is 0 Å². The lowest BCUT2D eigenvalue weighted by Crippen LogP contribution is -2.27. The molecule has 0 atom stereocenters. The van der Waals surface area contributed by atoms with Gasteiger partial charge in [-0.1, -0.05) is 0 Å². The fraction of sp³-hybridized carbons (Fsp3) is 0.533. The Hall–Kier alpha value is -1.95. The predicted octanol–water partition coefficient (Wildman–Crippen LogP) is 1.61. The van der Waals surface area contributed by atoms with Gasteiger partial charge in [0.2, 0.25) is 0 Å². The van der Waals surface area contributed by atoms with E-state index in [4.69, 9.17) is 0 Å². The number of aryl methyl sites for hydroxylation is 1. The summed E-state index contributed by atoms with van der Waals surface area (Å²) in [7, 11) is 2.04. The third-order valence-electron chi connectivity index (χ3n) is 3.93. The maximum Gasteiger partial charge on any atom is 0.132 e. The Balaban J connectivity index is 1.79. The van der Waals surface area contributed by atoms with Gasteiger partial charge in [-0.25, -0.2) is 15.0 Å². The molecule has 2 aromatic rings. The topological polar surface area (TPSA) is 69.7 Å². The van der Waals surface area contributed by atoms with Gasteiger partial charge in [0.25, 0.3) is 0 Å². The van der Waals surface area contributed by atoms with E-state index in [1.807, 2.05) is 20.2 Å². The van der Waals surface area contributed by atoms with Crippen molar-refractivity contribution in [2.45, 2.75) is 32.2 Å². The van der Waals surface area contributed by atoms with Crippen LogP contribution in [0.25, 0.3) is 0 Å². The molecular formula is C15H22N6. The van der Waals surface area contributed by atoms with Crippen molar-refractivity contribution in [3.8, 4) is 0 Å². The molecule has 0 spiro atoms. The molecule has 3 heterocycles. The van der Waals surface area contributed by atoms with Gasteiger partial charge in [-0.15, -0.1) is 0 Å². The van der Waals surface area contributed by atoms with Crippen LogP contribution >= 0.6 is 0 Å². The molecule has 6 heteroatoms. The van der Waals surface area contributed by atoms with E-state index in [0.29, 0.717) is 5.92 Å². The molecule has 112 valence electrons. The van der Waals surface area contributed by atoms with Crippen molar-refractivity contribution >= 4 is 5.82 Å². The molecule has 0 saturated carbocycles. The van der Waals surface area contributed by atoms with Crippen LogP contribution in [0.3, 0.4) is 0 Å². The highest BCUT2D eigenvalue weighted by Gasteiger charge is 2.18. The number of aromatic amines is 1. The zero-order chi connectivity index (χ0) is 14.7. The standard InChI is InChI=1S/C15H22N6/c1-11-19-13(12-3-5-16-6-4-12)9-15(20-11)21(2)10-14-17-7-8-18-14/h7-9,12,16H,3-6,10H2,1-2H3,(H,17,18). The van der Waals surface area contributed by atoms with E-state index < -0.39 is 0 Å². The zero-order valence-corrected chi connectivity index (χ0v) is 12.6. The van der Waals surface area contributed by atoms with Crippen LogP contribution in [0.15, 0.2) is 18.5 Å². The van der Waals surface area contributed by atoms with Crippen LogP contribution in [0, 0.1) is 6.92 Å². The van der Waals surface area contributed by atoms with Crippen molar-refractivity contribution in [2.75, 3.05) is 25.0 Å². The summed E-state index contributed by atoms with van der Waals surface area (Å²) >= 11 is 0. The van der Waals surface area contributed by atoms with Crippen LogP contribution in [-0.4, -0.2) is 40.1 Å². The van der Waals surface area contributed by atoms with Crippen molar-refractivity contribution in [3.63, 3.8) is 0 Å². The first-order valence-corrected chi connectivity index (χ1v) is 7.48. The smallest absolute Gasteiger partial charge is 0.132 e. The minimum atomic E-state index is 0.545. The molecule has 1 saturated heterocycles. The Morgan fingerprint density at radius 3 is 2.81 bits per heavy atom. The summed E-state index contributed by atoms with van der Waals surface area (Å²) < 4.78 is 0. The summed E-state index contributed by atoms with van der Waals surface area (Å²) in [4.78, 5) is 18.7. The van der Waals surface area contributed by atoms with Gasteiger partial charge < -0.3 is 15.2 Å². The summed E-state index contributed by atoms with van der Waals surface area (Å²) in [5.74, 6) is 3.29. The fourth-order valence-corrected chi connectivity index (χ4v) is 2.79. The average Bonchev–Trinajstić information content (AvgIpc) is 3.00. The molecule has 2 N–H and O–H groups in total. The molecule has 0 bridgehead atoms. The number of piperidine rings is 1. The minimum Gasteiger partial charge on any atom is -0.352 e. The summed E-state index contributed by atoms with van der Waals surface area (Å²) in [6, 6.07) is 2.13. The first kappa shape index (κ1) is 14.0. The third kappa shape index (κ3) is 3.39. The Bertz CT molecular complexity index is 574. The number of nitrogens with zero attached hydrogens (tertiary/aromatic N) is 4. The molecule has 1 aliphatic rings. The summed E-state index contributed by atoms with van der Waals surface area (Å²) in [5.41, 5.74) is 1.17. The fourth-order valence-electron chi connectivity index (χ4n) is 2.79.